The molecule has 90 valence electrons. The number of nitrogens with two attached hydrogens (primary N) is 1. The lowest BCUT2D eigenvalue weighted by molar-refractivity contribution is 0.481. The van der Waals surface area contributed by atoms with Crippen molar-refractivity contribution in [1.82, 2.24) is 0 Å². The molecule has 0 bridgehead atoms. The van der Waals surface area contributed by atoms with Crippen molar-refractivity contribution in [2.45, 2.75) is 13.3 Å². The molecular weight excluding hydrogens is 224 g/mol. The smallest absolute Gasteiger partial charge is 0.153 e. The van der Waals surface area contributed by atoms with E-state index in [9.17, 15) is 0 Å². The minimum Gasteiger partial charge on any atom is -0.455 e. The van der Waals surface area contributed by atoms with E-state index in [1.54, 1.807) is 0 Å². The SMILES string of the molecule is Cc1cccc(N)c1Oc1ccc(CC#N)cc1. The highest BCUT2D eigenvalue weighted by Gasteiger charge is 2.05. The van der Waals surface area contributed by atoms with Crippen LogP contribution in [0.15, 0.2) is 42.5 Å². The highest BCUT2D eigenvalue weighted by atomic mass is 16.5. The van der Waals surface area contributed by atoms with Crippen molar-refractivity contribution in [2.24, 2.45) is 0 Å². The summed E-state index contributed by atoms with van der Waals surface area (Å²) in [6, 6.07) is 15.2. The number of nitriles is 1. The second-order valence-electron chi connectivity index (χ2n) is 4.07. The minimum absolute atomic E-state index is 0.410. The Morgan fingerprint density at radius 1 is 1.17 bits per heavy atom. The van der Waals surface area contributed by atoms with E-state index in [-0.39, 0.29) is 0 Å². The molecule has 0 saturated carbocycles. The van der Waals surface area contributed by atoms with E-state index in [1.165, 1.54) is 0 Å². The van der Waals surface area contributed by atoms with Gasteiger partial charge in [0.25, 0.3) is 0 Å². The summed E-state index contributed by atoms with van der Waals surface area (Å²) in [6.07, 6.45) is 0.410. The number of nitrogen functional groups attached to an aromatic ring is 1. The maximum Gasteiger partial charge on any atom is 0.153 e. The Hall–Kier alpha value is -2.47. The summed E-state index contributed by atoms with van der Waals surface area (Å²) in [6.45, 7) is 1.95. The predicted molar refractivity (Wildman–Crippen MR) is 71.4 cm³/mol. The summed E-state index contributed by atoms with van der Waals surface area (Å²) < 4.78 is 5.77. The van der Waals surface area contributed by atoms with Crippen molar-refractivity contribution in [1.29, 1.82) is 5.26 Å². The van der Waals surface area contributed by atoms with E-state index in [4.69, 9.17) is 15.7 Å². The number of nitrogens with zero attached hydrogens (tertiary/aromatic N) is 1. The largest absolute Gasteiger partial charge is 0.455 e. The minimum atomic E-state index is 0.410. The first-order chi connectivity index (χ1) is 8.70. The van der Waals surface area contributed by atoms with Crippen LogP contribution in [0, 0.1) is 18.3 Å². The quantitative estimate of drug-likeness (QED) is 0.833. The molecule has 0 atom stereocenters. The lowest BCUT2D eigenvalue weighted by Gasteiger charge is -2.11. The van der Waals surface area contributed by atoms with E-state index in [2.05, 4.69) is 6.07 Å². The summed E-state index contributed by atoms with van der Waals surface area (Å²) in [5.74, 6) is 1.41. The third kappa shape index (κ3) is 2.61. The third-order valence-corrected chi connectivity index (χ3v) is 2.67. The summed E-state index contributed by atoms with van der Waals surface area (Å²) in [5, 5.41) is 8.60. The van der Waals surface area contributed by atoms with Crippen molar-refractivity contribution in [2.75, 3.05) is 5.73 Å². The molecule has 0 aromatic heterocycles. The molecule has 2 aromatic carbocycles. The second-order valence-corrected chi connectivity index (χ2v) is 4.07. The first-order valence-corrected chi connectivity index (χ1v) is 5.69. The summed E-state index contributed by atoms with van der Waals surface area (Å²) >= 11 is 0. The first-order valence-electron chi connectivity index (χ1n) is 5.69. The second kappa shape index (κ2) is 5.24. The molecule has 2 rings (SSSR count). The molecule has 3 heteroatoms. The van der Waals surface area contributed by atoms with Gasteiger partial charge in [-0.05, 0) is 36.2 Å². The van der Waals surface area contributed by atoms with Gasteiger partial charge in [0.15, 0.2) is 5.75 Å². The van der Waals surface area contributed by atoms with Gasteiger partial charge in [-0.25, -0.2) is 0 Å². The van der Waals surface area contributed by atoms with Crippen LogP contribution in [0.2, 0.25) is 0 Å². The average Bonchev–Trinajstić information content (AvgIpc) is 2.36. The zero-order valence-corrected chi connectivity index (χ0v) is 10.2. The van der Waals surface area contributed by atoms with Crippen molar-refractivity contribution < 1.29 is 4.74 Å². The van der Waals surface area contributed by atoms with E-state index >= 15 is 0 Å². The molecule has 0 fully saturated rings. The van der Waals surface area contributed by atoms with Gasteiger partial charge in [-0.3, -0.25) is 0 Å². The van der Waals surface area contributed by atoms with Crippen LogP contribution >= 0.6 is 0 Å². The fraction of sp³-hybridized carbons (Fsp3) is 0.133. The maximum absolute atomic E-state index is 8.60. The van der Waals surface area contributed by atoms with Gasteiger partial charge in [-0.2, -0.15) is 5.26 Å². The molecular formula is C15H14N2O. The highest BCUT2D eigenvalue weighted by molar-refractivity contribution is 5.57. The molecule has 0 spiro atoms. The summed E-state index contributed by atoms with van der Waals surface area (Å²) in [4.78, 5) is 0. The number of benzene rings is 2. The number of rotatable bonds is 3. The number of para-hydroxylation sites is 1. The van der Waals surface area contributed by atoms with Gasteiger partial charge < -0.3 is 10.5 Å². The van der Waals surface area contributed by atoms with Gasteiger partial charge in [0.1, 0.15) is 5.75 Å². The average molecular weight is 238 g/mol. The Morgan fingerprint density at radius 2 is 1.89 bits per heavy atom. The molecule has 18 heavy (non-hydrogen) atoms. The van der Waals surface area contributed by atoms with Gasteiger partial charge >= 0.3 is 0 Å². The normalized spacial score (nSPS) is 9.78. The van der Waals surface area contributed by atoms with Crippen LogP contribution in [-0.2, 0) is 6.42 Å². The number of hydrogen-bond acceptors (Lipinski definition) is 3. The van der Waals surface area contributed by atoms with E-state index in [0.29, 0.717) is 17.9 Å². The standard InChI is InChI=1S/C15H14N2O/c1-11-3-2-4-14(17)15(11)18-13-7-5-12(6-8-13)9-10-16/h2-8H,9,17H2,1H3. The van der Waals surface area contributed by atoms with Gasteiger partial charge in [0.2, 0.25) is 0 Å². The molecule has 0 radical (unpaired) electrons. The van der Waals surface area contributed by atoms with E-state index in [1.807, 2.05) is 49.4 Å². The molecule has 2 N–H and O–H groups in total. The number of anilines is 1. The van der Waals surface area contributed by atoms with E-state index < -0.39 is 0 Å². The van der Waals surface area contributed by atoms with Crippen LogP contribution < -0.4 is 10.5 Å². The molecule has 0 unspecified atom stereocenters. The van der Waals surface area contributed by atoms with Crippen LogP contribution in [0.5, 0.6) is 11.5 Å². The molecule has 0 aliphatic rings. The zero-order chi connectivity index (χ0) is 13.0. The van der Waals surface area contributed by atoms with Crippen molar-refractivity contribution in [3.05, 3.63) is 53.6 Å². The fourth-order valence-electron chi connectivity index (χ4n) is 1.70. The Balaban J connectivity index is 2.22. The van der Waals surface area contributed by atoms with Gasteiger partial charge in [-0.1, -0.05) is 24.3 Å². The van der Waals surface area contributed by atoms with Crippen LogP contribution in [0.1, 0.15) is 11.1 Å². The van der Waals surface area contributed by atoms with Crippen LogP contribution in [0.4, 0.5) is 5.69 Å². The Kier molecular flexibility index (Phi) is 3.49. The Labute approximate surface area is 106 Å². The lowest BCUT2D eigenvalue weighted by Crippen LogP contribution is -1.94. The fourth-order valence-corrected chi connectivity index (χ4v) is 1.70. The monoisotopic (exact) mass is 238 g/mol. The molecule has 0 aliphatic carbocycles. The highest BCUT2D eigenvalue weighted by Crippen LogP contribution is 2.30. The Bertz CT molecular complexity index is 562. The lowest BCUT2D eigenvalue weighted by atomic mass is 10.1. The summed E-state index contributed by atoms with van der Waals surface area (Å²) in [5.41, 5.74) is 8.47. The van der Waals surface area contributed by atoms with Crippen molar-refractivity contribution in [3.63, 3.8) is 0 Å². The maximum atomic E-state index is 8.60. The molecule has 3 nitrogen and oxygen atoms in total. The predicted octanol–water partition coefficient (Wildman–Crippen LogP) is 3.44. The summed E-state index contributed by atoms with van der Waals surface area (Å²) in [7, 11) is 0. The van der Waals surface area contributed by atoms with Crippen LogP contribution in [-0.4, -0.2) is 0 Å². The third-order valence-electron chi connectivity index (χ3n) is 2.67. The molecule has 0 heterocycles. The van der Waals surface area contributed by atoms with Crippen LogP contribution in [0.25, 0.3) is 0 Å². The molecule has 2 aromatic rings. The van der Waals surface area contributed by atoms with E-state index in [0.717, 1.165) is 16.9 Å². The van der Waals surface area contributed by atoms with Crippen LogP contribution in [0.3, 0.4) is 0 Å². The van der Waals surface area contributed by atoms with Gasteiger partial charge in [-0.15, -0.1) is 0 Å². The Morgan fingerprint density at radius 3 is 2.50 bits per heavy atom. The molecule has 0 amide bonds. The number of hydrogen-bond donors (Lipinski definition) is 1. The topological polar surface area (TPSA) is 59.0 Å². The van der Waals surface area contributed by atoms with Gasteiger partial charge in [0.05, 0.1) is 18.2 Å². The van der Waals surface area contributed by atoms with Gasteiger partial charge in [0, 0.05) is 0 Å². The zero-order valence-electron chi connectivity index (χ0n) is 10.2. The first kappa shape index (κ1) is 12.0. The van der Waals surface area contributed by atoms with Crippen molar-refractivity contribution >= 4 is 5.69 Å². The molecule has 0 aliphatic heterocycles. The molecule has 0 saturated heterocycles. The van der Waals surface area contributed by atoms with Crippen molar-refractivity contribution in [3.8, 4) is 17.6 Å². The number of aryl methyl sites for hydroxylation is 1. The number of ether oxygens (including phenoxy) is 1.